The summed E-state index contributed by atoms with van der Waals surface area (Å²) < 4.78 is 11.2. The molecule has 0 aromatic carbocycles. The number of unbranched alkanes of at least 4 members (excludes halogenated alkanes) is 32. The van der Waals surface area contributed by atoms with E-state index in [4.69, 9.17) is 9.47 Å². The van der Waals surface area contributed by atoms with Gasteiger partial charge in [0.1, 0.15) is 30.5 Å². The quantitative estimate of drug-likeness (QED) is 0.0296. The maximum atomic E-state index is 13.0. The van der Waals surface area contributed by atoms with E-state index in [-0.39, 0.29) is 18.9 Å². The Morgan fingerprint density at radius 1 is 0.525 bits per heavy atom. The number of hydrogen-bond acceptors (Lipinski definition) is 9. The van der Waals surface area contributed by atoms with Gasteiger partial charge in [0, 0.05) is 6.42 Å². The molecule has 1 heterocycles. The molecule has 1 aliphatic heterocycles. The fourth-order valence-corrected chi connectivity index (χ4v) is 8.44. The van der Waals surface area contributed by atoms with Crippen molar-refractivity contribution in [3.05, 3.63) is 0 Å². The SMILES string of the molecule is CCCCCCCCCCCCCCCCCCCCCCC(=O)N[C@@H](CO[C@@H]1O[C@H](CO)[C@H](O)C(O)C1O)[C@H](O)[C@H](O)CCCCCCCCCCCCCCCC. The van der Waals surface area contributed by atoms with Crippen molar-refractivity contribution in [3.8, 4) is 0 Å². The molecule has 352 valence electrons. The standard InChI is InChI=1S/C49H97NO9/c1-3-5-7-9-11-13-15-17-19-20-21-22-23-24-26-28-30-32-34-36-38-44(53)50-41(40-58-49-48(57)47(56)46(55)43(39-51)59-49)45(54)42(52)37-35-33-31-29-27-25-18-16-14-12-10-8-6-4-2/h41-43,45-49,51-52,54-57H,3-40H2,1-2H3,(H,50,53)/t41-,42+,43+,45-,46-,47?,48?,49+/m0/s1. The second-order valence-corrected chi connectivity index (χ2v) is 18.1. The Morgan fingerprint density at radius 3 is 1.25 bits per heavy atom. The number of aliphatic hydroxyl groups is 6. The zero-order valence-electron chi connectivity index (χ0n) is 38.4. The fraction of sp³-hybridized carbons (Fsp3) is 0.980. The average Bonchev–Trinajstić information content (AvgIpc) is 3.23. The minimum absolute atomic E-state index is 0.252. The Hall–Kier alpha value is -0.850. The second kappa shape index (κ2) is 40.0. The molecule has 8 atom stereocenters. The summed E-state index contributed by atoms with van der Waals surface area (Å²) in [7, 11) is 0. The van der Waals surface area contributed by atoms with Gasteiger partial charge in [0.25, 0.3) is 0 Å². The average molecular weight is 844 g/mol. The first-order valence-electron chi connectivity index (χ1n) is 25.3. The van der Waals surface area contributed by atoms with Crippen molar-refractivity contribution >= 4 is 5.91 Å². The predicted octanol–water partition coefficient (Wildman–Crippen LogP) is 10.1. The van der Waals surface area contributed by atoms with E-state index in [2.05, 4.69) is 19.2 Å². The van der Waals surface area contributed by atoms with E-state index < -0.39 is 55.6 Å². The van der Waals surface area contributed by atoms with Crippen LogP contribution in [0.1, 0.15) is 245 Å². The third kappa shape index (κ3) is 30.0. The summed E-state index contributed by atoms with van der Waals surface area (Å²) in [6, 6.07) is -0.985. The van der Waals surface area contributed by atoms with Crippen LogP contribution in [0.15, 0.2) is 0 Å². The number of rotatable bonds is 43. The van der Waals surface area contributed by atoms with Crippen molar-refractivity contribution in [2.45, 2.75) is 294 Å². The molecule has 1 rings (SSSR count). The Balaban J connectivity index is 2.31. The number of carbonyl (C=O) groups is 1. The molecule has 0 aliphatic carbocycles. The molecule has 0 saturated carbocycles. The smallest absolute Gasteiger partial charge is 0.220 e. The largest absolute Gasteiger partial charge is 0.394 e. The van der Waals surface area contributed by atoms with Crippen LogP contribution in [0.3, 0.4) is 0 Å². The van der Waals surface area contributed by atoms with Crippen molar-refractivity contribution in [3.63, 3.8) is 0 Å². The zero-order valence-corrected chi connectivity index (χ0v) is 38.4. The van der Waals surface area contributed by atoms with Crippen LogP contribution in [0.5, 0.6) is 0 Å². The van der Waals surface area contributed by atoms with Gasteiger partial charge in [-0.15, -0.1) is 0 Å². The molecule has 1 saturated heterocycles. The van der Waals surface area contributed by atoms with Crippen LogP contribution >= 0.6 is 0 Å². The van der Waals surface area contributed by atoms with Crippen molar-refractivity contribution in [1.29, 1.82) is 0 Å². The normalized spacial score (nSPS) is 21.1. The van der Waals surface area contributed by atoms with Gasteiger partial charge < -0.3 is 45.4 Å². The lowest BCUT2D eigenvalue weighted by atomic mass is 9.98. The Kier molecular flexibility index (Phi) is 38.0. The van der Waals surface area contributed by atoms with Crippen molar-refractivity contribution in [2.75, 3.05) is 13.2 Å². The summed E-state index contributed by atoms with van der Waals surface area (Å²) in [4.78, 5) is 13.0. The van der Waals surface area contributed by atoms with Crippen LogP contribution < -0.4 is 5.32 Å². The summed E-state index contributed by atoms with van der Waals surface area (Å²) in [5.74, 6) is -0.252. The van der Waals surface area contributed by atoms with E-state index in [0.29, 0.717) is 6.42 Å². The van der Waals surface area contributed by atoms with Gasteiger partial charge in [0.2, 0.25) is 5.91 Å². The molecule has 0 spiro atoms. The van der Waals surface area contributed by atoms with Gasteiger partial charge in [-0.2, -0.15) is 0 Å². The Labute approximate surface area is 362 Å². The predicted molar refractivity (Wildman–Crippen MR) is 241 cm³/mol. The first-order valence-corrected chi connectivity index (χ1v) is 25.3. The van der Waals surface area contributed by atoms with Gasteiger partial charge >= 0.3 is 0 Å². The summed E-state index contributed by atoms with van der Waals surface area (Å²) in [6.45, 7) is 3.63. The fourth-order valence-electron chi connectivity index (χ4n) is 8.44. The van der Waals surface area contributed by atoms with Crippen molar-refractivity contribution in [1.82, 2.24) is 5.32 Å². The molecular formula is C49H97NO9. The number of aliphatic hydroxyl groups excluding tert-OH is 6. The maximum Gasteiger partial charge on any atom is 0.220 e. The van der Waals surface area contributed by atoms with Gasteiger partial charge in [0.15, 0.2) is 6.29 Å². The van der Waals surface area contributed by atoms with Gasteiger partial charge in [-0.3, -0.25) is 4.79 Å². The van der Waals surface area contributed by atoms with Crippen molar-refractivity contribution < 1.29 is 44.9 Å². The molecule has 0 radical (unpaired) electrons. The minimum Gasteiger partial charge on any atom is -0.394 e. The third-order valence-corrected chi connectivity index (χ3v) is 12.6. The van der Waals surface area contributed by atoms with E-state index in [1.165, 1.54) is 180 Å². The molecule has 2 unspecified atom stereocenters. The topological polar surface area (TPSA) is 169 Å². The van der Waals surface area contributed by atoms with Crippen molar-refractivity contribution in [2.24, 2.45) is 0 Å². The molecule has 10 heteroatoms. The third-order valence-electron chi connectivity index (χ3n) is 12.6. The van der Waals surface area contributed by atoms with Gasteiger partial charge in [-0.05, 0) is 12.8 Å². The Morgan fingerprint density at radius 2 is 0.881 bits per heavy atom. The number of hydrogen-bond donors (Lipinski definition) is 7. The molecule has 0 bridgehead atoms. The summed E-state index contributed by atoms with van der Waals surface area (Å²) >= 11 is 0. The molecule has 1 amide bonds. The lowest BCUT2D eigenvalue weighted by Gasteiger charge is -2.40. The highest BCUT2D eigenvalue weighted by Crippen LogP contribution is 2.23. The molecule has 0 aromatic heterocycles. The highest BCUT2D eigenvalue weighted by molar-refractivity contribution is 5.76. The van der Waals surface area contributed by atoms with Gasteiger partial charge in [-0.25, -0.2) is 0 Å². The minimum atomic E-state index is -1.60. The molecule has 7 N–H and O–H groups in total. The number of ether oxygens (including phenoxy) is 2. The van der Waals surface area contributed by atoms with E-state index in [1.54, 1.807) is 0 Å². The first-order chi connectivity index (χ1) is 28.8. The molecule has 10 nitrogen and oxygen atoms in total. The summed E-state index contributed by atoms with van der Waals surface area (Å²) in [6.07, 6.45) is 33.9. The van der Waals surface area contributed by atoms with Crippen LogP contribution in [0.2, 0.25) is 0 Å². The lowest BCUT2D eigenvalue weighted by molar-refractivity contribution is -0.303. The number of amides is 1. The lowest BCUT2D eigenvalue weighted by Crippen LogP contribution is -2.60. The van der Waals surface area contributed by atoms with Crippen LogP contribution in [-0.2, 0) is 14.3 Å². The number of nitrogens with one attached hydrogen (secondary N) is 1. The van der Waals surface area contributed by atoms with Crippen LogP contribution in [0, 0.1) is 0 Å². The maximum absolute atomic E-state index is 13.0. The monoisotopic (exact) mass is 844 g/mol. The number of carbonyl (C=O) groups excluding carboxylic acids is 1. The summed E-state index contributed by atoms with van der Waals surface area (Å²) in [5, 5.41) is 65.3. The van der Waals surface area contributed by atoms with Crippen LogP contribution in [-0.4, -0.2) is 98.7 Å². The highest BCUT2D eigenvalue weighted by atomic mass is 16.7. The second-order valence-electron chi connectivity index (χ2n) is 18.1. The van der Waals surface area contributed by atoms with Gasteiger partial charge in [-0.1, -0.05) is 226 Å². The molecule has 1 aliphatic rings. The van der Waals surface area contributed by atoms with Crippen LogP contribution in [0.4, 0.5) is 0 Å². The zero-order chi connectivity index (χ0) is 43.2. The Bertz CT molecular complexity index is 911. The van der Waals surface area contributed by atoms with E-state index in [0.717, 1.165) is 38.5 Å². The van der Waals surface area contributed by atoms with Crippen LogP contribution in [0.25, 0.3) is 0 Å². The van der Waals surface area contributed by atoms with E-state index in [1.807, 2.05) is 0 Å². The first kappa shape index (κ1) is 56.2. The summed E-state index contributed by atoms with van der Waals surface area (Å²) in [5.41, 5.74) is 0. The molecular weight excluding hydrogens is 747 g/mol. The molecule has 0 aromatic rings. The van der Waals surface area contributed by atoms with E-state index >= 15 is 0 Å². The molecule has 1 fully saturated rings. The molecule has 59 heavy (non-hydrogen) atoms. The van der Waals surface area contributed by atoms with Gasteiger partial charge in [0.05, 0.1) is 25.4 Å². The van der Waals surface area contributed by atoms with E-state index in [9.17, 15) is 35.4 Å². The highest BCUT2D eigenvalue weighted by Gasteiger charge is 2.44.